The van der Waals surface area contributed by atoms with Crippen LogP contribution in [0.4, 0.5) is 0 Å². The van der Waals surface area contributed by atoms with E-state index in [0.29, 0.717) is 12.8 Å². The maximum Gasteiger partial charge on any atom is 0.335 e. The first-order valence-electron chi connectivity index (χ1n) is 6.68. The van der Waals surface area contributed by atoms with E-state index in [-0.39, 0.29) is 0 Å². The Hall–Kier alpha value is -0.770. The van der Waals surface area contributed by atoms with Crippen molar-refractivity contribution in [2.24, 2.45) is 0 Å². The minimum atomic E-state index is -1.74. The largest absolute Gasteiger partial charge is 0.479 e. The molecular formula is C12H20O8. The molecule has 0 aromatic carbocycles. The minimum absolute atomic E-state index is 0.557. The Bertz CT molecular complexity index is 348. The summed E-state index contributed by atoms with van der Waals surface area (Å²) in [6, 6.07) is 0. The molecule has 0 aromatic rings. The third-order valence-electron chi connectivity index (χ3n) is 3.79. The molecule has 116 valence electrons. The lowest BCUT2D eigenvalue weighted by atomic mass is 9.94. The fourth-order valence-corrected chi connectivity index (χ4v) is 2.57. The van der Waals surface area contributed by atoms with Crippen molar-refractivity contribution in [1.29, 1.82) is 0 Å². The second-order valence-electron chi connectivity index (χ2n) is 5.26. The van der Waals surface area contributed by atoms with E-state index in [1.165, 1.54) is 0 Å². The molecule has 20 heavy (non-hydrogen) atoms. The van der Waals surface area contributed by atoms with Gasteiger partial charge >= 0.3 is 5.97 Å². The third kappa shape index (κ3) is 3.11. The molecule has 8 nitrogen and oxygen atoms in total. The van der Waals surface area contributed by atoms with Crippen molar-refractivity contribution in [1.82, 2.24) is 0 Å². The van der Waals surface area contributed by atoms with Crippen LogP contribution in [0, 0.1) is 0 Å². The molecular weight excluding hydrogens is 272 g/mol. The number of rotatable bonds is 3. The van der Waals surface area contributed by atoms with Crippen LogP contribution in [0.1, 0.15) is 25.7 Å². The maximum absolute atomic E-state index is 10.9. The Labute approximate surface area is 115 Å². The average Bonchev–Trinajstić information content (AvgIpc) is 2.41. The van der Waals surface area contributed by atoms with Crippen molar-refractivity contribution in [2.45, 2.75) is 68.6 Å². The number of hydrogen-bond acceptors (Lipinski definition) is 7. The van der Waals surface area contributed by atoms with Gasteiger partial charge in [0.25, 0.3) is 0 Å². The number of aliphatic carboxylic acids is 1. The van der Waals surface area contributed by atoms with Gasteiger partial charge in [0.05, 0.1) is 12.2 Å². The molecule has 0 radical (unpaired) electrons. The van der Waals surface area contributed by atoms with E-state index >= 15 is 0 Å². The Balaban J connectivity index is 2.04. The molecule has 0 spiro atoms. The molecule has 0 amide bonds. The van der Waals surface area contributed by atoms with E-state index in [1.807, 2.05) is 0 Å². The summed E-state index contributed by atoms with van der Waals surface area (Å²) in [5, 5.41) is 47.7. The molecule has 1 saturated carbocycles. The molecule has 7 unspecified atom stereocenters. The Morgan fingerprint density at radius 2 is 1.65 bits per heavy atom. The smallest absolute Gasteiger partial charge is 0.335 e. The number of carboxylic acids is 1. The van der Waals surface area contributed by atoms with Crippen LogP contribution in [0.3, 0.4) is 0 Å². The van der Waals surface area contributed by atoms with E-state index in [9.17, 15) is 25.2 Å². The normalized spacial score (nSPS) is 46.1. The zero-order chi connectivity index (χ0) is 14.9. The van der Waals surface area contributed by atoms with Gasteiger partial charge in [-0.15, -0.1) is 0 Å². The second kappa shape index (κ2) is 6.33. The predicted octanol–water partition coefficient (Wildman–Crippen LogP) is -1.80. The number of aliphatic hydroxyl groups excluding tert-OH is 4. The summed E-state index contributed by atoms with van der Waals surface area (Å²) in [5.41, 5.74) is 0. The van der Waals surface area contributed by atoms with E-state index in [2.05, 4.69) is 0 Å². The maximum atomic E-state index is 10.9. The molecule has 0 bridgehead atoms. The molecule has 1 aliphatic heterocycles. The highest BCUT2D eigenvalue weighted by molar-refractivity contribution is 5.73. The monoisotopic (exact) mass is 292 g/mol. The van der Waals surface area contributed by atoms with Gasteiger partial charge in [0.1, 0.15) is 18.3 Å². The summed E-state index contributed by atoms with van der Waals surface area (Å²) < 4.78 is 10.4. The molecule has 2 fully saturated rings. The van der Waals surface area contributed by atoms with Crippen LogP contribution in [0.5, 0.6) is 0 Å². The van der Waals surface area contributed by atoms with Crippen LogP contribution in [-0.2, 0) is 14.3 Å². The van der Waals surface area contributed by atoms with E-state index < -0.39 is 48.9 Å². The van der Waals surface area contributed by atoms with Crippen molar-refractivity contribution < 1.29 is 39.8 Å². The topological polar surface area (TPSA) is 137 Å². The molecule has 7 atom stereocenters. The molecule has 5 N–H and O–H groups in total. The highest BCUT2D eigenvalue weighted by Gasteiger charge is 2.48. The summed E-state index contributed by atoms with van der Waals surface area (Å²) >= 11 is 0. The Kier molecular flexibility index (Phi) is 4.95. The van der Waals surface area contributed by atoms with Crippen molar-refractivity contribution in [2.75, 3.05) is 0 Å². The van der Waals surface area contributed by atoms with Gasteiger partial charge < -0.3 is 35.0 Å². The summed E-state index contributed by atoms with van der Waals surface area (Å²) in [6.45, 7) is 0. The zero-order valence-corrected chi connectivity index (χ0v) is 10.8. The van der Waals surface area contributed by atoms with Crippen molar-refractivity contribution in [3.05, 3.63) is 0 Å². The standard InChI is InChI=1S/C12H20O8/c13-5-3-1-2-4-6(5)19-12-9(16)7(14)8(15)10(20-12)11(17)18/h5-10,12-16H,1-4H2,(H,17,18). The van der Waals surface area contributed by atoms with Gasteiger partial charge in [0.15, 0.2) is 12.4 Å². The minimum Gasteiger partial charge on any atom is -0.479 e. The van der Waals surface area contributed by atoms with Crippen LogP contribution in [0.15, 0.2) is 0 Å². The number of carboxylic acid groups (broad SMARTS) is 1. The van der Waals surface area contributed by atoms with E-state index in [0.717, 1.165) is 12.8 Å². The summed E-state index contributed by atoms with van der Waals surface area (Å²) in [7, 11) is 0. The first-order chi connectivity index (χ1) is 9.41. The Morgan fingerprint density at radius 1 is 1.00 bits per heavy atom. The molecule has 1 heterocycles. The molecule has 0 aromatic heterocycles. The van der Waals surface area contributed by atoms with Crippen LogP contribution in [0.25, 0.3) is 0 Å². The average molecular weight is 292 g/mol. The van der Waals surface area contributed by atoms with Gasteiger partial charge in [-0.1, -0.05) is 12.8 Å². The highest BCUT2D eigenvalue weighted by Crippen LogP contribution is 2.28. The Morgan fingerprint density at radius 3 is 2.25 bits per heavy atom. The van der Waals surface area contributed by atoms with Gasteiger partial charge in [-0.05, 0) is 12.8 Å². The SMILES string of the molecule is O=C(O)C1OC(OC2CCCCC2O)C(O)C(O)C1O. The van der Waals surface area contributed by atoms with Crippen LogP contribution in [0.2, 0.25) is 0 Å². The lowest BCUT2D eigenvalue weighted by Gasteiger charge is -2.41. The molecule has 8 heteroatoms. The quantitative estimate of drug-likeness (QED) is 0.411. The lowest BCUT2D eigenvalue weighted by Crippen LogP contribution is -2.61. The number of ether oxygens (including phenoxy) is 2. The van der Waals surface area contributed by atoms with Crippen molar-refractivity contribution in [3.8, 4) is 0 Å². The van der Waals surface area contributed by atoms with Gasteiger partial charge in [-0.3, -0.25) is 0 Å². The van der Waals surface area contributed by atoms with E-state index in [4.69, 9.17) is 14.6 Å². The van der Waals surface area contributed by atoms with Gasteiger partial charge in [0, 0.05) is 0 Å². The molecule has 2 aliphatic rings. The van der Waals surface area contributed by atoms with Crippen LogP contribution >= 0.6 is 0 Å². The van der Waals surface area contributed by atoms with Gasteiger partial charge in [-0.2, -0.15) is 0 Å². The first kappa shape index (κ1) is 15.6. The highest BCUT2D eigenvalue weighted by atomic mass is 16.7. The summed E-state index contributed by atoms with van der Waals surface area (Å²) in [5.74, 6) is -1.46. The van der Waals surface area contributed by atoms with Crippen LogP contribution < -0.4 is 0 Å². The second-order valence-corrected chi connectivity index (χ2v) is 5.26. The number of aliphatic hydroxyl groups is 4. The molecule has 2 rings (SSSR count). The van der Waals surface area contributed by atoms with Crippen LogP contribution in [-0.4, -0.2) is 74.4 Å². The fourth-order valence-electron chi connectivity index (χ4n) is 2.57. The van der Waals surface area contributed by atoms with E-state index in [1.54, 1.807) is 0 Å². The number of carbonyl (C=O) groups is 1. The summed E-state index contributed by atoms with van der Waals surface area (Å²) in [6.07, 6.45) is -6.54. The molecule has 1 saturated heterocycles. The van der Waals surface area contributed by atoms with Gasteiger partial charge in [0.2, 0.25) is 0 Å². The van der Waals surface area contributed by atoms with Crippen molar-refractivity contribution >= 4 is 5.97 Å². The lowest BCUT2D eigenvalue weighted by molar-refractivity contribution is -0.312. The number of hydrogen-bond donors (Lipinski definition) is 5. The zero-order valence-electron chi connectivity index (χ0n) is 10.8. The van der Waals surface area contributed by atoms with Gasteiger partial charge in [-0.25, -0.2) is 4.79 Å². The van der Waals surface area contributed by atoms with Crippen molar-refractivity contribution in [3.63, 3.8) is 0 Å². The fraction of sp³-hybridized carbons (Fsp3) is 0.917. The summed E-state index contributed by atoms with van der Waals surface area (Å²) in [4.78, 5) is 10.9. The third-order valence-corrected chi connectivity index (χ3v) is 3.79. The molecule has 1 aliphatic carbocycles. The predicted molar refractivity (Wildman–Crippen MR) is 63.7 cm³/mol. The first-order valence-corrected chi connectivity index (χ1v) is 6.68.